The summed E-state index contributed by atoms with van der Waals surface area (Å²) >= 11 is 0. The number of carbonyl (C=O) groups excluding carboxylic acids is 1. The van der Waals surface area contributed by atoms with Crippen molar-refractivity contribution in [1.29, 1.82) is 0 Å². The van der Waals surface area contributed by atoms with E-state index in [-0.39, 0.29) is 17.8 Å². The fourth-order valence-electron chi connectivity index (χ4n) is 4.81. The van der Waals surface area contributed by atoms with Crippen molar-refractivity contribution in [2.24, 2.45) is 5.41 Å². The number of carbonyl (C=O) groups is 1. The van der Waals surface area contributed by atoms with Gasteiger partial charge in [0.15, 0.2) is 0 Å². The van der Waals surface area contributed by atoms with Crippen LogP contribution in [0.2, 0.25) is 0 Å². The van der Waals surface area contributed by atoms with Gasteiger partial charge in [-0.25, -0.2) is 4.39 Å². The van der Waals surface area contributed by atoms with Gasteiger partial charge < -0.3 is 9.64 Å². The molecule has 1 amide bonds. The molecule has 0 bridgehead atoms. The van der Waals surface area contributed by atoms with Gasteiger partial charge in [-0.05, 0) is 61.1 Å². The Morgan fingerprint density at radius 3 is 2.69 bits per heavy atom. The second-order valence-corrected chi connectivity index (χ2v) is 8.48. The number of aromatic nitrogens is 1. The zero-order chi connectivity index (χ0) is 20.1. The minimum absolute atomic E-state index is 0.0712. The first-order chi connectivity index (χ1) is 14.1. The van der Waals surface area contributed by atoms with Crippen molar-refractivity contribution in [1.82, 2.24) is 9.88 Å². The maximum atomic E-state index is 13.7. The van der Waals surface area contributed by atoms with Crippen LogP contribution in [0.5, 0.6) is 0 Å². The molecule has 0 N–H and O–H groups in total. The number of pyridine rings is 1. The molecule has 0 radical (unpaired) electrons. The third-order valence-electron chi connectivity index (χ3n) is 6.36. The maximum absolute atomic E-state index is 13.7. The number of rotatable bonds is 6. The second kappa shape index (κ2) is 9.04. The lowest BCUT2D eigenvalue weighted by Crippen LogP contribution is -2.46. The summed E-state index contributed by atoms with van der Waals surface area (Å²) < 4.78 is 19.8. The summed E-state index contributed by atoms with van der Waals surface area (Å²) in [4.78, 5) is 19.6. The molecule has 154 valence electrons. The lowest BCUT2D eigenvalue weighted by Gasteiger charge is -2.39. The molecule has 1 atom stereocenters. The van der Waals surface area contributed by atoms with Gasteiger partial charge >= 0.3 is 0 Å². The van der Waals surface area contributed by atoms with Crippen LogP contribution in [0.25, 0.3) is 0 Å². The number of ether oxygens (including phenoxy) is 1. The summed E-state index contributed by atoms with van der Waals surface area (Å²) in [5, 5.41) is 0. The van der Waals surface area contributed by atoms with Gasteiger partial charge in [0.1, 0.15) is 5.82 Å². The summed E-state index contributed by atoms with van der Waals surface area (Å²) in [5.74, 6) is 0.00290. The first-order valence-corrected chi connectivity index (χ1v) is 10.7. The first-order valence-electron chi connectivity index (χ1n) is 10.7. The number of nitrogens with zero attached hydrogens (tertiary/aromatic N) is 2. The van der Waals surface area contributed by atoms with Crippen molar-refractivity contribution in [2.75, 3.05) is 13.1 Å². The van der Waals surface area contributed by atoms with Gasteiger partial charge in [0.25, 0.3) is 0 Å². The van der Waals surface area contributed by atoms with E-state index in [2.05, 4.69) is 4.98 Å². The largest absolute Gasteiger partial charge is 0.372 e. The molecule has 1 aliphatic heterocycles. The Morgan fingerprint density at radius 2 is 1.93 bits per heavy atom. The molecular weight excluding hydrogens is 367 g/mol. The summed E-state index contributed by atoms with van der Waals surface area (Å²) in [7, 11) is 0. The first kappa shape index (κ1) is 20.0. The Morgan fingerprint density at radius 1 is 1.14 bits per heavy atom. The number of halogens is 1. The average Bonchev–Trinajstić information content (AvgIpc) is 3.22. The number of hydrogen-bond acceptors (Lipinski definition) is 3. The van der Waals surface area contributed by atoms with Gasteiger partial charge in [0, 0.05) is 25.5 Å². The Bertz CT molecular complexity index is 821. The maximum Gasteiger partial charge on any atom is 0.229 e. The Hall–Kier alpha value is -2.27. The molecule has 2 aliphatic rings. The second-order valence-electron chi connectivity index (χ2n) is 8.48. The normalized spacial score (nSPS) is 21.3. The quantitative estimate of drug-likeness (QED) is 0.720. The lowest BCUT2D eigenvalue weighted by molar-refractivity contribution is -0.143. The highest BCUT2D eigenvalue weighted by Gasteiger charge is 2.43. The third-order valence-corrected chi connectivity index (χ3v) is 6.36. The van der Waals surface area contributed by atoms with E-state index in [1.54, 1.807) is 24.5 Å². The third kappa shape index (κ3) is 4.84. The Kier molecular flexibility index (Phi) is 6.24. The minimum Gasteiger partial charge on any atom is -0.372 e. The zero-order valence-electron chi connectivity index (χ0n) is 16.9. The molecule has 1 saturated heterocycles. The smallest absolute Gasteiger partial charge is 0.229 e. The molecular formula is C24H29FN2O2. The molecule has 1 aromatic heterocycles. The standard InChI is InChI=1S/C24H29FN2O2/c25-21-6-4-5-20(15-21)16-24(10-2-1-3-11-24)23(28)27-14-9-22(17-27)29-18-19-7-12-26-13-8-19/h4-8,12-13,15,22H,1-3,9-11,14,16-18H2. The predicted octanol–water partition coefficient (Wildman–Crippen LogP) is 4.53. The van der Waals surface area contributed by atoms with Crippen LogP contribution < -0.4 is 0 Å². The van der Waals surface area contributed by atoms with Crippen molar-refractivity contribution < 1.29 is 13.9 Å². The van der Waals surface area contributed by atoms with Gasteiger partial charge in [0.2, 0.25) is 5.91 Å². The molecule has 1 aromatic carbocycles. The highest BCUT2D eigenvalue weighted by atomic mass is 19.1. The van der Waals surface area contributed by atoms with E-state index in [1.807, 2.05) is 23.1 Å². The van der Waals surface area contributed by atoms with Crippen LogP contribution >= 0.6 is 0 Å². The van der Waals surface area contributed by atoms with E-state index in [0.717, 1.165) is 49.8 Å². The molecule has 1 aliphatic carbocycles. The fourth-order valence-corrected chi connectivity index (χ4v) is 4.81. The minimum atomic E-state index is -0.397. The number of amides is 1. The van der Waals surface area contributed by atoms with Gasteiger partial charge in [-0.15, -0.1) is 0 Å². The van der Waals surface area contributed by atoms with Crippen molar-refractivity contribution >= 4 is 5.91 Å². The molecule has 5 heteroatoms. The van der Waals surface area contributed by atoms with Gasteiger partial charge in [0.05, 0.1) is 18.1 Å². The summed E-state index contributed by atoms with van der Waals surface area (Å²) in [5.41, 5.74) is 1.62. The lowest BCUT2D eigenvalue weighted by atomic mass is 9.69. The highest BCUT2D eigenvalue weighted by Crippen LogP contribution is 2.41. The topological polar surface area (TPSA) is 42.4 Å². The molecule has 1 unspecified atom stereocenters. The van der Waals surface area contributed by atoms with Crippen molar-refractivity contribution in [3.63, 3.8) is 0 Å². The monoisotopic (exact) mass is 396 g/mol. The van der Waals surface area contributed by atoms with Crippen LogP contribution in [-0.2, 0) is 22.6 Å². The van der Waals surface area contributed by atoms with Gasteiger partial charge in [-0.3, -0.25) is 9.78 Å². The number of likely N-dealkylation sites (tertiary alicyclic amines) is 1. The molecule has 2 fully saturated rings. The van der Waals surface area contributed by atoms with Crippen molar-refractivity contribution in [3.8, 4) is 0 Å². The van der Waals surface area contributed by atoms with E-state index in [0.29, 0.717) is 19.6 Å². The van der Waals surface area contributed by atoms with E-state index < -0.39 is 5.41 Å². The predicted molar refractivity (Wildman–Crippen MR) is 110 cm³/mol. The van der Waals surface area contributed by atoms with Crippen molar-refractivity contribution in [2.45, 2.75) is 57.7 Å². The van der Waals surface area contributed by atoms with Crippen molar-refractivity contribution in [3.05, 3.63) is 65.7 Å². The van der Waals surface area contributed by atoms with E-state index >= 15 is 0 Å². The molecule has 4 nitrogen and oxygen atoms in total. The number of hydrogen-bond donors (Lipinski definition) is 0. The molecule has 2 heterocycles. The number of benzene rings is 1. The summed E-state index contributed by atoms with van der Waals surface area (Å²) in [6.07, 6.45) is 10.2. The average molecular weight is 397 g/mol. The molecule has 0 spiro atoms. The van der Waals surface area contributed by atoms with Crippen LogP contribution in [0.1, 0.15) is 49.7 Å². The zero-order valence-corrected chi connectivity index (χ0v) is 16.9. The molecule has 4 rings (SSSR count). The molecule has 1 saturated carbocycles. The van der Waals surface area contributed by atoms with Crippen LogP contribution in [0.3, 0.4) is 0 Å². The SMILES string of the molecule is O=C(N1CCC(OCc2ccncc2)C1)C1(Cc2cccc(F)c2)CCCCC1. The Labute approximate surface area is 172 Å². The van der Waals surface area contributed by atoms with E-state index in [9.17, 15) is 9.18 Å². The van der Waals surface area contributed by atoms with Crippen LogP contribution in [0.15, 0.2) is 48.8 Å². The van der Waals surface area contributed by atoms with Crippen LogP contribution in [-0.4, -0.2) is 35.0 Å². The van der Waals surface area contributed by atoms with Gasteiger partial charge in [-0.1, -0.05) is 31.4 Å². The van der Waals surface area contributed by atoms with Gasteiger partial charge in [-0.2, -0.15) is 0 Å². The summed E-state index contributed by atoms with van der Waals surface area (Å²) in [6.45, 7) is 1.93. The molecule has 2 aromatic rings. The van der Waals surface area contributed by atoms with Crippen LogP contribution in [0.4, 0.5) is 4.39 Å². The van der Waals surface area contributed by atoms with E-state index in [4.69, 9.17) is 4.74 Å². The summed E-state index contributed by atoms with van der Waals surface area (Å²) in [6, 6.07) is 10.6. The fraction of sp³-hybridized carbons (Fsp3) is 0.500. The molecule has 29 heavy (non-hydrogen) atoms. The Balaban J connectivity index is 1.41. The van der Waals surface area contributed by atoms with E-state index in [1.165, 1.54) is 12.5 Å². The highest BCUT2D eigenvalue weighted by molar-refractivity contribution is 5.83. The van der Waals surface area contributed by atoms with Crippen LogP contribution in [0, 0.1) is 11.2 Å².